The molecule has 1 saturated heterocycles. The van der Waals surface area contributed by atoms with Crippen LogP contribution in [0.25, 0.3) is 0 Å². The molecule has 140 valence electrons. The predicted octanol–water partition coefficient (Wildman–Crippen LogP) is 2.56. The fourth-order valence-electron chi connectivity index (χ4n) is 3.49. The van der Waals surface area contributed by atoms with Crippen molar-refractivity contribution in [1.29, 1.82) is 0 Å². The SMILES string of the molecule is CN=C(NCC1CCSCC1)NC1CCCC(C(=O)N(C)C)C1.I. The third-order valence-electron chi connectivity index (χ3n) is 4.93. The normalized spacial score (nSPS) is 25.5. The van der Waals surface area contributed by atoms with Crippen LogP contribution in [0.15, 0.2) is 4.99 Å². The summed E-state index contributed by atoms with van der Waals surface area (Å²) in [6, 6.07) is 0.353. The molecule has 2 unspecified atom stereocenters. The number of guanidine groups is 1. The summed E-state index contributed by atoms with van der Waals surface area (Å²) in [6.07, 6.45) is 6.77. The number of nitrogens with one attached hydrogen (secondary N) is 2. The minimum Gasteiger partial charge on any atom is -0.356 e. The molecule has 2 rings (SSSR count). The minimum atomic E-state index is 0. The first-order valence-electron chi connectivity index (χ1n) is 8.86. The van der Waals surface area contributed by atoms with Gasteiger partial charge in [0.1, 0.15) is 0 Å². The Bertz CT molecular complexity index is 413. The molecule has 1 amide bonds. The van der Waals surface area contributed by atoms with E-state index in [9.17, 15) is 4.79 Å². The molecule has 0 aromatic rings. The number of thioether (sulfide) groups is 1. The number of hydrogen-bond acceptors (Lipinski definition) is 3. The lowest BCUT2D eigenvalue weighted by Gasteiger charge is -2.32. The topological polar surface area (TPSA) is 56.7 Å². The first-order valence-corrected chi connectivity index (χ1v) is 10.0. The molecule has 1 saturated carbocycles. The Morgan fingerprint density at radius 3 is 2.54 bits per heavy atom. The van der Waals surface area contributed by atoms with Crippen LogP contribution in [0.4, 0.5) is 0 Å². The Labute approximate surface area is 168 Å². The smallest absolute Gasteiger partial charge is 0.225 e. The molecule has 0 aromatic carbocycles. The van der Waals surface area contributed by atoms with Gasteiger partial charge in [0.2, 0.25) is 5.91 Å². The molecule has 1 heterocycles. The van der Waals surface area contributed by atoms with Gasteiger partial charge < -0.3 is 15.5 Å². The van der Waals surface area contributed by atoms with E-state index in [0.29, 0.717) is 6.04 Å². The third kappa shape index (κ3) is 6.98. The average molecular weight is 468 g/mol. The van der Waals surface area contributed by atoms with Gasteiger partial charge in [0, 0.05) is 39.6 Å². The first kappa shape index (κ1) is 21.9. The van der Waals surface area contributed by atoms with E-state index in [1.54, 1.807) is 4.90 Å². The molecule has 2 fully saturated rings. The van der Waals surface area contributed by atoms with E-state index in [2.05, 4.69) is 27.4 Å². The lowest BCUT2D eigenvalue weighted by Crippen LogP contribution is -2.48. The van der Waals surface area contributed by atoms with E-state index >= 15 is 0 Å². The van der Waals surface area contributed by atoms with Crippen molar-refractivity contribution in [3.05, 3.63) is 0 Å². The number of hydrogen-bond donors (Lipinski definition) is 2. The van der Waals surface area contributed by atoms with Crippen molar-refractivity contribution in [3.8, 4) is 0 Å². The molecule has 1 aliphatic carbocycles. The van der Waals surface area contributed by atoms with E-state index in [4.69, 9.17) is 0 Å². The molecule has 0 aromatic heterocycles. The fraction of sp³-hybridized carbons (Fsp3) is 0.882. The minimum absolute atomic E-state index is 0. The second-order valence-corrected chi connectivity index (χ2v) is 8.17. The monoisotopic (exact) mass is 468 g/mol. The van der Waals surface area contributed by atoms with Gasteiger partial charge in [0.25, 0.3) is 0 Å². The lowest BCUT2D eigenvalue weighted by atomic mass is 9.85. The third-order valence-corrected chi connectivity index (χ3v) is 5.98. The van der Waals surface area contributed by atoms with Crippen molar-refractivity contribution in [3.63, 3.8) is 0 Å². The lowest BCUT2D eigenvalue weighted by molar-refractivity contribution is -0.134. The van der Waals surface area contributed by atoms with Gasteiger partial charge in [-0.05, 0) is 49.5 Å². The molecule has 2 atom stereocenters. The molecule has 2 N–H and O–H groups in total. The van der Waals surface area contributed by atoms with E-state index in [0.717, 1.165) is 44.1 Å². The highest BCUT2D eigenvalue weighted by Gasteiger charge is 2.28. The highest BCUT2D eigenvalue weighted by molar-refractivity contribution is 14.0. The maximum Gasteiger partial charge on any atom is 0.225 e. The number of rotatable bonds is 4. The van der Waals surface area contributed by atoms with Crippen LogP contribution in [0.5, 0.6) is 0 Å². The van der Waals surface area contributed by atoms with Gasteiger partial charge >= 0.3 is 0 Å². The van der Waals surface area contributed by atoms with Crippen LogP contribution < -0.4 is 10.6 Å². The van der Waals surface area contributed by atoms with E-state index in [1.807, 2.05) is 21.1 Å². The number of carbonyl (C=O) groups excluding carboxylic acids is 1. The summed E-state index contributed by atoms with van der Waals surface area (Å²) in [5.41, 5.74) is 0. The summed E-state index contributed by atoms with van der Waals surface area (Å²) in [5, 5.41) is 7.02. The number of carbonyl (C=O) groups is 1. The molecular weight excluding hydrogens is 435 g/mol. The maximum atomic E-state index is 12.2. The largest absolute Gasteiger partial charge is 0.356 e. The summed E-state index contributed by atoms with van der Waals surface area (Å²) < 4.78 is 0. The van der Waals surface area contributed by atoms with Gasteiger partial charge in [-0.1, -0.05) is 6.42 Å². The second kappa shape index (κ2) is 11.4. The molecule has 2 aliphatic rings. The Balaban J connectivity index is 0.00000288. The average Bonchev–Trinajstić information content (AvgIpc) is 2.59. The van der Waals surface area contributed by atoms with Gasteiger partial charge in [-0.2, -0.15) is 11.8 Å². The molecule has 24 heavy (non-hydrogen) atoms. The maximum absolute atomic E-state index is 12.2. The molecule has 1 aliphatic heterocycles. The van der Waals surface area contributed by atoms with Crippen LogP contribution in [0, 0.1) is 11.8 Å². The number of amides is 1. The van der Waals surface area contributed by atoms with Crippen LogP contribution in [0.2, 0.25) is 0 Å². The van der Waals surface area contributed by atoms with Crippen molar-refractivity contribution in [1.82, 2.24) is 15.5 Å². The van der Waals surface area contributed by atoms with Crippen LogP contribution in [-0.2, 0) is 4.79 Å². The number of halogens is 1. The van der Waals surface area contributed by atoms with Gasteiger partial charge in [-0.15, -0.1) is 24.0 Å². The molecule has 0 bridgehead atoms. The quantitative estimate of drug-likeness (QED) is 0.379. The Kier molecular flexibility index (Phi) is 10.4. The zero-order valence-corrected chi connectivity index (χ0v) is 18.4. The zero-order chi connectivity index (χ0) is 16.7. The van der Waals surface area contributed by atoms with Crippen molar-refractivity contribution >= 4 is 47.6 Å². The van der Waals surface area contributed by atoms with Gasteiger partial charge in [-0.3, -0.25) is 9.79 Å². The summed E-state index contributed by atoms with van der Waals surface area (Å²) in [4.78, 5) is 18.3. The van der Waals surface area contributed by atoms with Crippen LogP contribution in [-0.4, -0.2) is 62.0 Å². The van der Waals surface area contributed by atoms with E-state index in [-0.39, 0.29) is 35.8 Å². The van der Waals surface area contributed by atoms with Crippen molar-refractivity contribution in [2.75, 3.05) is 39.2 Å². The highest BCUT2D eigenvalue weighted by Crippen LogP contribution is 2.25. The molecule has 0 radical (unpaired) electrons. The Hall–Kier alpha value is -0.180. The summed E-state index contributed by atoms with van der Waals surface area (Å²) in [6.45, 7) is 1.01. The standard InChI is InChI=1S/C17H32N4OS.HI/c1-18-17(19-12-13-7-9-23-10-8-13)20-15-6-4-5-14(11-15)16(22)21(2)3;/h13-15H,4-12H2,1-3H3,(H2,18,19,20);1H. The summed E-state index contributed by atoms with van der Waals surface area (Å²) in [5.74, 6) is 4.66. The van der Waals surface area contributed by atoms with Crippen molar-refractivity contribution < 1.29 is 4.79 Å². The van der Waals surface area contributed by atoms with Gasteiger partial charge in [-0.25, -0.2) is 0 Å². The van der Waals surface area contributed by atoms with Crippen molar-refractivity contribution in [2.24, 2.45) is 16.8 Å². The molecule has 5 nitrogen and oxygen atoms in total. The molecular formula is C17H33IN4OS. The molecule has 0 spiro atoms. The van der Waals surface area contributed by atoms with Gasteiger partial charge in [0.05, 0.1) is 0 Å². The summed E-state index contributed by atoms with van der Waals surface area (Å²) in [7, 11) is 5.53. The fourth-order valence-corrected chi connectivity index (χ4v) is 4.69. The highest BCUT2D eigenvalue weighted by atomic mass is 127. The van der Waals surface area contributed by atoms with E-state index in [1.165, 1.54) is 24.3 Å². The Morgan fingerprint density at radius 1 is 1.21 bits per heavy atom. The number of nitrogens with zero attached hydrogens (tertiary/aromatic N) is 2. The predicted molar refractivity (Wildman–Crippen MR) is 114 cm³/mol. The second-order valence-electron chi connectivity index (χ2n) is 6.95. The van der Waals surface area contributed by atoms with Crippen LogP contribution in [0.1, 0.15) is 38.5 Å². The van der Waals surface area contributed by atoms with Gasteiger partial charge in [0.15, 0.2) is 5.96 Å². The number of aliphatic imine (C=N–C) groups is 1. The van der Waals surface area contributed by atoms with Crippen LogP contribution in [0.3, 0.4) is 0 Å². The molecule has 7 heteroatoms. The van der Waals surface area contributed by atoms with Crippen LogP contribution >= 0.6 is 35.7 Å². The summed E-state index contributed by atoms with van der Waals surface area (Å²) >= 11 is 2.06. The van der Waals surface area contributed by atoms with E-state index < -0.39 is 0 Å². The Morgan fingerprint density at radius 2 is 1.92 bits per heavy atom. The zero-order valence-electron chi connectivity index (χ0n) is 15.2. The van der Waals surface area contributed by atoms with Crippen molar-refractivity contribution in [2.45, 2.75) is 44.6 Å². The first-order chi connectivity index (χ1) is 11.1.